The molecule has 0 radical (unpaired) electrons. The summed E-state index contributed by atoms with van der Waals surface area (Å²) >= 11 is 5.99. The van der Waals surface area contributed by atoms with E-state index in [-0.39, 0.29) is 16.7 Å². The van der Waals surface area contributed by atoms with E-state index >= 15 is 0 Å². The first-order valence-electron chi connectivity index (χ1n) is 5.43. The molecule has 5 N–H and O–H groups in total. The van der Waals surface area contributed by atoms with Crippen LogP contribution in [0.15, 0.2) is 30.3 Å². The van der Waals surface area contributed by atoms with Gasteiger partial charge in [-0.15, -0.1) is 0 Å². The number of hydrogen-bond acceptors (Lipinski definition) is 6. The molecule has 2 rings (SSSR count). The summed E-state index contributed by atoms with van der Waals surface area (Å²) in [6.07, 6.45) is 0. The van der Waals surface area contributed by atoms with Crippen LogP contribution in [0.25, 0.3) is 11.3 Å². The molecule has 8 heteroatoms. The van der Waals surface area contributed by atoms with Crippen molar-refractivity contribution in [2.24, 2.45) is 5.73 Å². The molecule has 2 aromatic rings. The van der Waals surface area contributed by atoms with Crippen molar-refractivity contribution >= 4 is 29.4 Å². The second-order valence-electron chi connectivity index (χ2n) is 3.72. The Labute approximate surface area is 119 Å². The maximum atomic E-state index is 11.6. The number of nitrogens with two attached hydrogens (primary N) is 2. The van der Waals surface area contributed by atoms with Gasteiger partial charge in [0, 0.05) is 5.56 Å². The summed E-state index contributed by atoms with van der Waals surface area (Å²) in [6, 6.07) is 8.25. The van der Waals surface area contributed by atoms with Crippen molar-refractivity contribution < 1.29 is 9.53 Å². The molecule has 0 bridgehead atoms. The van der Waals surface area contributed by atoms with Gasteiger partial charge in [0.1, 0.15) is 5.69 Å². The summed E-state index contributed by atoms with van der Waals surface area (Å²) < 4.78 is 4.40. The molecule has 0 saturated carbocycles. The summed E-state index contributed by atoms with van der Waals surface area (Å²) in [5, 5.41) is 6.89. The van der Waals surface area contributed by atoms with E-state index in [1.165, 1.54) is 0 Å². The van der Waals surface area contributed by atoms with E-state index in [0.717, 1.165) is 0 Å². The van der Waals surface area contributed by atoms with Gasteiger partial charge >= 0.3 is 5.97 Å². The maximum absolute atomic E-state index is 11.6. The van der Waals surface area contributed by atoms with Gasteiger partial charge in [0.05, 0.1) is 0 Å². The van der Waals surface area contributed by atoms with Crippen molar-refractivity contribution in [3.63, 3.8) is 0 Å². The van der Waals surface area contributed by atoms with Gasteiger partial charge in [-0.25, -0.2) is 14.8 Å². The lowest BCUT2D eigenvalue weighted by Crippen LogP contribution is -2.21. The third-order valence-corrected chi connectivity index (χ3v) is 2.59. The number of carbonyl (C=O) groups excluding carboxylic acids is 1. The Morgan fingerprint density at radius 2 is 1.90 bits per heavy atom. The molecule has 0 aliphatic heterocycles. The first-order valence-corrected chi connectivity index (χ1v) is 5.81. The number of hydrogen-bond donors (Lipinski definition) is 3. The van der Waals surface area contributed by atoms with Crippen LogP contribution in [0.4, 0.5) is 5.82 Å². The van der Waals surface area contributed by atoms with Gasteiger partial charge in [0.15, 0.2) is 16.7 Å². The molecule has 7 nitrogen and oxygen atoms in total. The molecule has 0 fully saturated rings. The van der Waals surface area contributed by atoms with Gasteiger partial charge in [0.25, 0.3) is 6.02 Å². The zero-order chi connectivity index (χ0) is 14.7. The lowest BCUT2D eigenvalue weighted by Gasteiger charge is -2.08. The molecular weight excluding hydrogens is 282 g/mol. The van der Waals surface area contributed by atoms with Gasteiger partial charge < -0.3 is 16.2 Å². The van der Waals surface area contributed by atoms with Crippen molar-refractivity contribution in [2.45, 2.75) is 0 Å². The van der Waals surface area contributed by atoms with E-state index in [1.54, 1.807) is 12.1 Å². The summed E-state index contributed by atoms with van der Waals surface area (Å²) in [7, 11) is 0. The number of carbonyl (C=O) groups is 1. The molecule has 0 aliphatic rings. The third kappa shape index (κ3) is 2.83. The molecule has 0 aliphatic carbocycles. The third-order valence-electron chi connectivity index (χ3n) is 2.32. The van der Waals surface area contributed by atoms with E-state index < -0.39 is 12.0 Å². The monoisotopic (exact) mass is 291 g/mol. The number of nitrogens with one attached hydrogen (secondary N) is 1. The van der Waals surface area contributed by atoms with Crippen LogP contribution in [0.3, 0.4) is 0 Å². The summed E-state index contributed by atoms with van der Waals surface area (Å²) in [5.41, 5.74) is 11.4. The van der Waals surface area contributed by atoms with Crippen molar-refractivity contribution in [2.75, 3.05) is 5.73 Å². The molecule has 1 heterocycles. The minimum absolute atomic E-state index is 0.000835. The highest BCUT2D eigenvalue weighted by Gasteiger charge is 2.19. The average molecular weight is 292 g/mol. The quantitative estimate of drug-likeness (QED) is 0.436. The fraction of sp³-hybridized carbons (Fsp3) is 0. The molecule has 1 aromatic heterocycles. The van der Waals surface area contributed by atoms with Crippen LogP contribution in [0.5, 0.6) is 0 Å². The molecule has 1 aromatic carbocycles. The lowest BCUT2D eigenvalue weighted by atomic mass is 10.1. The van der Waals surface area contributed by atoms with Crippen LogP contribution < -0.4 is 11.5 Å². The number of ether oxygens (including phenoxy) is 1. The van der Waals surface area contributed by atoms with Gasteiger partial charge in [-0.1, -0.05) is 41.9 Å². The first kappa shape index (κ1) is 13.8. The Kier molecular flexibility index (Phi) is 3.81. The molecule has 20 heavy (non-hydrogen) atoms. The fourth-order valence-electron chi connectivity index (χ4n) is 1.51. The lowest BCUT2D eigenvalue weighted by molar-refractivity contribution is 0.0707. The Morgan fingerprint density at radius 1 is 1.25 bits per heavy atom. The Bertz CT molecular complexity index is 675. The van der Waals surface area contributed by atoms with Crippen LogP contribution >= 0.6 is 11.6 Å². The van der Waals surface area contributed by atoms with Crippen molar-refractivity contribution in [1.82, 2.24) is 9.97 Å². The molecule has 0 amide bonds. The van der Waals surface area contributed by atoms with Crippen LogP contribution in [0.1, 0.15) is 10.5 Å². The number of nitrogens with zero attached hydrogens (tertiary/aromatic N) is 2. The van der Waals surface area contributed by atoms with Gasteiger partial charge in [0.2, 0.25) is 0 Å². The molecular formula is C12H10ClN5O2. The number of esters is 1. The van der Waals surface area contributed by atoms with Crippen LogP contribution in [-0.4, -0.2) is 22.0 Å². The Morgan fingerprint density at radius 3 is 2.50 bits per heavy atom. The number of rotatable bonds is 2. The van der Waals surface area contributed by atoms with Gasteiger partial charge in [-0.2, -0.15) is 0 Å². The topological polar surface area (TPSA) is 128 Å². The predicted octanol–water partition coefficient (Wildman–Crippen LogP) is 1.43. The van der Waals surface area contributed by atoms with Crippen molar-refractivity contribution in [1.29, 1.82) is 5.41 Å². The van der Waals surface area contributed by atoms with Crippen LogP contribution in [0.2, 0.25) is 5.15 Å². The zero-order valence-electron chi connectivity index (χ0n) is 10.1. The smallest absolute Gasteiger partial charge is 0.368 e. The minimum atomic E-state index is -0.982. The number of benzene rings is 1. The van der Waals surface area contributed by atoms with Gasteiger partial charge in [-0.3, -0.25) is 5.41 Å². The van der Waals surface area contributed by atoms with E-state index in [2.05, 4.69) is 14.7 Å². The maximum Gasteiger partial charge on any atom is 0.368 e. The Hall–Kier alpha value is -2.67. The summed E-state index contributed by atoms with van der Waals surface area (Å²) in [5.74, 6) is -1.14. The molecule has 0 atom stereocenters. The number of aromatic nitrogens is 2. The van der Waals surface area contributed by atoms with Crippen LogP contribution in [0, 0.1) is 5.41 Å². The average Bonchev–Trinajstić information content (AvgIpc) is 2.41. The SMILES string of the molecule is N=C(N)OC(=O)c1nc(Cl)c(-c2ccccc2)nc1N. The predicted molar refractivity (Wildman–Crippen MR) is 74.2 cm³/mol. The van der Waals surface area contributed by atoms with Crippen molar-refractivity contribution in [3.8, 4) is 11.3 Å². The minimum Gasteiger partial charge on any atom is -0.388 e. The fourth-order valence-corrected chi connectivity index (χ4v) is 1.74. The number of halogens is 1. The summed E-state index contributed by atoms with van der Waals surface area (Å²) in [4.78, 5) is 19.5. The van der Waals surface area contributed by atoms with Crippen LogP contribution in [-0.2, 0) is 4.74 Å². The highest BCUT2D eigenvalue weighted by molar-refractivity contribution is 6.32. The standard InChI is InChI=1S/C12H10ClN5O2/c13-9-7(6-4-2-1-3-5-6)18-10(14)8(17-9)11(19)20-12(15)16/h1-5H,(H2,14,18)(H3,15,16). The first-order chi connectivity index (χ1) is 9.49. The molecule has 0 spiro atoms. The van der Waals surface area contributed by atoms with E-state index in [9.17, 15) is 4.79 Å². The summed E-state index contributed by atoms with van der Waals surface area (Å²) in [6.45, 7) is 0. The van der Waals surface area contributed by atoms with E-state index in [0.29, 0.717) is 11.3 Å². The highest BCUT2D eigenvalue weighted by Crippen LogP contribution is 2.26. The van der Waals surface area contributed by atoms with Crippen molar-refractivity contribution in [3.05, 3.63) is 41.2 Å². The molecule has 0 saturated heterocycles. The second-order valence-corrected chi connectivity index (χ2v) is 4.07. The van der Waals surface area contributed by atoms with E-state index in [4.69, 9.17) is 28.5 Å². The van der Waals surface area contributed by atoms with E-state index in [1.807, 2.05) is 18.2 Å². The number of anilines is 1. The zero-order valence-corrected chi connectivity index (χ0v) is 10.9. The Balaban J connectivity index is 2.44. The second kappa shape index (κ2) is 5.54. The van der Waals surface area contributed by atoms with Gasteiger partial charge in [-0.05, 0) is 0 Å². The molecule has 0 unspecified atom stereocenters. The largest absolute Gasteiger partial charge is 0.388 e. The number of nitrogen functional groups attached to an aromatic ring is 1. The highest BCUT2D eigenvalue weighted by atomic mass is 35.5. The molecule has 102 valence electrons. The normalized spacial score (nSPS) is 10.1. The number of amidine groups is 1.